The lowest BCUT2D eigenvalue weighted by molar-refractivity contribution is 0.398. The molecule has 0 aliphatic rings. The van der Waals surface area contributed by atoms with E-state index in [0.717, 1.165) is 0 Å². The fourth-order valence-corrected chi connectivity index (χ4v) is 2.86. The van der Waals surface area contributed by atoms with E-state index < -0.39 is 0 Å². The van der Waals surface area contributed by atoms with E-state index in [0.29, 0.717) is 17.0 Å². The molecule has 7 heteroatoms. The summed E-state index contributed by atoms with van der Waals surface area (Å²) in [5.74, 6) is 0.474. The van der Waals surface area contributed by atoms with Gasteiger partial charge in [0.15, 0.2) is 0 Å². The number of aromatic nitrogens is 1. The highest BCUT2D eigenvalue weighted by molar-refractivity contribution is 6.56. The van der Waals surface area contributed by atoms with E-state index in [9.17, 15) is 0 Å². The number of methoxy groups -OCH3 is 1. The fourth-order valence-electron chi connectivity index (χ4n) is 1.51. The predicted molar refractivity (Wildman–Crippen MR) is 81.3 cm³/mol. The van der Waals surface area contributed by atoms with Crippen LogP contribution >= 0.6 is 58.0 Å². The maximum absolute atomic E-state index is 6.17. The number of rotatable bonds is 2. The SMILES string of the molecule is COc1ccc(-c2c(Cl)c(Cl)c(Cl)c(Cl)c2Cl)cn1. The Morgan fingerprint density at radius 1 is 0.842 bits per heavy atom. The van der Waals surface area contributed by atoms with Gasteiger partial charge in [-0.05, 0) is 6.07 Å². The molecule has 0 bridgehead atoms. The van der Waals surface area contributed by atoms with Gasteiger partial charge >= 0.3 is 0 Å². The van der Waals surface area contributed by atoms with Crippen molar-refractivity contribution in [2.75, 3.05) is 7.11 Å². The van der Waals surface area contributed by atoms with Gasteiger partial charge < -0.3 is 4.74 Å². The molecule has 0 amide bonds. The number of ether oxygens (including phenoxy) is 1. The Morgan fingerprint density at radius 2 is 1.37 bits per heavy atom. The van der Waals surface area contributed by atoms with Gasteiger partial charge in [-0.2, -0.15) is 0 Å². The highest BCUT2D eigenvalue weighted by Gasteiger charge is 2.20. The van der Waals surface area contributed by atoms with Crippen LogP contribution in [0.1, 0.15) is 0 Å². The molecule has 1 aromatic heterocycles. The molecule has 1 heterocycles. The molecule has 0 aliphatic carbocycles. The molecule has 0 fully saturated rings. The fraction of sp³-hybridized carbons (Fsp3) is 0.0833. The van der Waals surface area contributed by atoms with E-state index in [-0.39, 0.29) is 25.1 Å². The van der Waals surface area contributed by atoms with Gasteiger partial charge in [0, 0.05) is 23.4 Å². The molecule has 0 unspecified atom stereocenters. The number of halogens is 5. The molecule has 0 spiro atoms. The zero-order valence-corrected chi connectivity index (χ0v) is 13.3. The van der Waals surface area contributed by atoms with Crippen LogP contribution in [0.4, 0.5) is 0 Å². The normalized spacial score (nSPS) is 10.6. The van der Waals surface area contributed by atoms with E-state index in [2.05, 4.69) is 4.98 Å². The Hall–Kier alpha value is -0.380. The molecule has 1 aromatic carbocycles. The molecule has 0 atom stereocenters. The Kier molecular flexibility index (Phi) is 4.70. The highest BCUT2D eigenvalue weighted by atomic mass is 35.5. The van der Waals surface area contributed by atoms with Crippen molar-refractivity contribution in [3.63, 3.8) is 0 Å². The van der Waals surface area contributed by atoms with Crippen LogP contribution in [0.2, 0.25) is 25.1 Å². The summed E-state index contributed by atoms with van der Waals surface area (Å²) >= 11 is 30.3. The first-order chi connectivity index (χ1) is 8.97. The summed E-state index contributed by atoms with van der Waals surface area (Å²) in [5, 5.41) is 0.900. The third-order valence-electron chi connectivity index (χ3n) is 2.44. The quantitative estimate of drug-likeness (QED) is 0.484. The van der Waals surface area contributed by atoms with Crippen LogP contribution < -0.4 is 4.74 Å². The predicted octanol–water partition coefficient (Wildman–Crippen LogP) is 6.02. The molecule has 2 aromatic rings. The summed E-state index contributed by atoms with van der Waals surface area (Å²) in [6, 6.07) is 3.43. The van der Waals surface area contributed by atoms with Crippen LogP contribution in [-0.4, -0.2) is 12.1 Å². The molecule has 2 rings (SSSR count). The van der Waals surface area contributed by atoms with Gasteiger partial charge in [-0.3, -0.25) is 0 Å². The number of benzene rings is 1. The van der Waals surface area contributed by atoms with Crippen molar-refractivity contribution in [1.82, 2.24) is 4.98 Å². The summed E-state index contributed by atoms with van der Waals surface area (Å²) in [6.45, 7) is 0. The van der Waals surface area contributed by atoms with Crippen LogP contribution in [0.3, 0.4) is 0 Å². The van der Waals surface area contributed by atoms with Crippen LogP contribution in [0.15, 0.2) is 18.3 Å². The van der Waals surface area contributed by atoms with E-state index in [1.165, 1.54) is 7.11 Å². The van der Waals surface area contributed by atoms with Crippen molar-refractivity contribution in [2.24, 2.45) is 0 Å². The molecule has 0 aliphatic heterocycles. The zero-order chi connectivity index (χ0) is 14.2. The average Bonchev–Trinajstić information content (AvgIpc) is 2.44. The van der Waals surface area contributed by atoms with E-state index >= 15 is 0 Å². The van der Waals surface area contributed by atoms with Gasteiger partial charge in [-0.15, -0.1) is 0 Å². The van der Waals surface area contributed by atoms with Gasteiger partial charge in [0.05, 0.1) is 32.2 Å². The maximum Gasteiger partial charge on any atom is 0.212 e. The molecule has 100 valence electrons. The molecular formula is C12H6Cl5NO. The van der Waals surface area contributed by atoms with Crippen molar-refractivity contribution >= 4 is 58.0 Å². The van der Waals surface area contributed by atoms with Crippen molar-refractivity contribution in [3.05, 3.63) is 43.4 Å². The second-order valence-electron chi connectivity index (χ2n) is 3.53. The van der Waals surface area contributed by atoms with Crippen molar-refractivity contribution in [1.29, 1.82) is 0 Å². The highest BCUT2D eigenvalue weighted by Crippen LogP contribution is 2.48. The van der Waals surface area contributed by atoms with Gasteiger partial charge in [-0.25, -0.2) is 4.98 Å². The topological polar surface area (TPSA) is 22.1 Å². The summed E-state index contributed by atoms with van der Waals surface area (Å²) in [6.07, 6.45) is 1.56. The Morgan fingerprint density at radius 3 is 1.79 bits per heavy atom. The Balaban J connectivity index is 2.67. The van der Waals surface area contributed by atoms with E-state index in [1.54, 1.807) is 18.3 Å². The van der Waals surface area contributed by atoms with Gasteiger partial charge in [-0.1, -0.05) is 58.0 Å². The molecule has 19 heavy (non-hydrogen) atoms. The minimum absolute atomic E-state index is 0.128. The standard InChI is InChI=1S/C12H6Cl5NO/c1-19-6-3-2-5(4-18-6)7-8(13)10(15)12(17)11(16)9(7)14/h2-4H,1H3. The van der Waals surface area contributed by atoms with Gasteiger partial charge in [0.2, 0.25) is 5.88 Å². The number of hydrogen-bond donors (Lipinski definition) is 0. The lowest BCUT2D eigenvalue weighted by Crippen LogP contribution is -1.90. The first kappa shape index (κ1) is 15.0. The average molecular weight is 357 g/mol. The summed E-state index contributed by atoms with van der Waals surface area (Å²) in [5.41, 5.74) is 1.15. The van der Waals surface area contributed by atoms with Crippen LogP contribution in [0, 0.1) is 0 Å². The lowest BCUT2D eigenvalue weighted by Gasteiger charge is -2.12. The van der Waals surface area contributed by atoms with Gasteiger partial charge in [0.1, 0.15) is 0 Å². The Labute approximate surface area is 135 Å². The van der Waals surface area contributed by atoms with Crippen LogP contribution in [0.25, 0.3) is 11.1 Å². The number of nitrogens with zero attached hydrogens (tertiary/aromatic N) is 1. The number of pyridine rings is 1. The Bertz CT molecular complexity index is 598. The molecule has 0 radical (unpaired) electrons. The monoisotopic (exact) mass is 355 g/mol. The third kappa shape index (κ3) is 2.74. The molecule has 0 saturated carbocycles. The molecule has 2 nitrogen and oxygen atoms in total. The minimum atomic E-state index is 0.128. The van der Waals surface area contributed by atoms with Crippen LogP contribution in [0.5, 0.6) is 5.88 Å². The lowest BCUT2D eigenvalue weighted by atomic mass is 10.1. The maximum atomic E-state index is 6.17. The second kappa shape index (κ2) is 5.94. The molecule has 0 N–H and O–H groups in total. The number of hydrogen-bond acceptors (Lipinski definition) is 2. The summed E-state index contributed by atoms with van der Waals surface area (Å²) in [7, 11) is 1.53. The largest absolute Gasteiger partial charge is 0.481 e. The smallest absolute Gasteiger partial charge is 0.212 e. The first-order valence-corrected chi connectivity index (χ1v) is 6.88. The van der Waals surface area contributed by atoms with Gasteiger partial charge in [0.25, 0.3) is 0 Å². The van der Waals surface area contributed by atoms with Crippen molar-refractivity contribution in [2.45, 2.75) is 0 Å². The first-order valence-electron chi connectivity index (χ1n) is 4.99. The molecular weight excluding hydrogens is 351 g/mol. The zero-order valence-electron chi connectivity index (χ0n) is 9.48. The van der Waals surface area contributed by atoms with E-state index in [4.69, 9.17) is 62.7 Å². The molecule has 0 saturated heterocycles. The van der Waals surface area contributed by atoms with Crippen molar-refractivity contribution in [3.8, 4) is 17.0 Å². The minimum Gasteiger partial charge on any atom is -0.481 e. The summed E-state index contributed by atoms with van der Waals surface area (Å²) < 4.78 is 4.98. The van der Waals surface area contributed by atoms with Crippen LogP contribution in [-0.2, 0) is 0 Å². The van der Waals surface area contributed by atoms with E-state index in [1.807, 2.05) is 0 Å². The second-order valence-corrected chi connectivity index (χ2v) is 5.42. The van der Waals surface area contributed by atoms with Crippen molar-refractivity contribution < 1.29 is 4.74 Å². The third-order valence-corrected chi connectivity index (χ3v) is 4.72. The summed E-state index contributed by atoms with van der Waals surface area (Å²) in [4.78, 5) is 4.08.